The van der Waals surface area contributed by atoms with Crippen LogP contribution < -0.4 is 10.6 Å². The van der Waals surface area contributed by atoms with Gasteiger partial charge in [0.05, 0.1) is 28.3 Å². The molecule has 0 bridgehead atoms. The molecular weight excluding hydrogens is 414 g/mol. The first-order valence-corrected chi connectivity index (χ1v) is 13.5. The van der Waals surface area contributed by atoms with E-state index in [9.17, 15) is 4.39 Å². The second-order valence-corrected chi connectivity index (χ2v) is 11.8. The number of hydrogen-bond acceptors (Lipinski definition) is 4. The van der Waals surface area contributed by atoms with Crippen molar-refractivity contribution in [3.8, 4) is 10.4 Å². The van der Waals surface area contributed by atoms with Gasteiger partial charge in [-0.1, -0.05) is 33.3 Å². The monoisotopic (exact) mass is 442 g/mol. The molecule has 2 fully saturated rings. The van der Waals surface area contributed by atoms with Crippen molar-refractivity contribution in [2.75, 3.05) is 24.3 Å². The summed E-state index contributed by atoms with van der Waals surface area (Å²) in [5.74, 6) is 0.664. The number of nitrogens with one attached hydrogen (secondary N) is 1. The third-order valence-corrected chi connectivity index (χ3v) is 10.1. The van der Waals surface area contributed by atoms with E-state index in [0.717, 1.165) is 11.4 Å². The van der Waals surface area contributed by atoms with Gasteiger partial charge in [-0.25, -0.2) is 9.37 Å². The maximum Gasteiger partial charge on any atom is 0.109 e. The molecule has 2 aromatic heterocycles. The van der Waals surface area contributed by atoms with Gasteiger partial charge in [0.15, 0.2) is 0 Å². The number of aromatic nitrogens is 3. The average Bonchev–Trinajstić information content (AvgIpc) is 3.38. The van der Waals surface area contributed by atoms with E-state index in [4.69, 9.17) is 4.98 Å². The molecule has 1 N–H and O–H groups in total. The van der Waals surface area contributed by atoms with Crippen LogP contribution in [0, 0.1) is 0 Å². The Hall–Kier alpha value is -1.78. The van der Waals surface area contributed by atoms with Crippen molar-refractivity contribution in [3.05, 3.63) is 41.8 Å². The van der Waals surface area contributed by atoms with Crippen LogP contribution >= 0.6 is 19.3 Å². The van der Waals surface area contributed by atoms with Gasteiger partial charge in [-0.05, 0) is 49.0 Å². The summed E-state index contributed by atoms with van der Waals surface area (Å²) < 4.78 is 14.2. The van der Waals surface area contributed by atoms with Crippen molar-refractivity contribution in [1.29, 1.82) is 0 Å². The molecule has 7 heteroatoms. The van der Waals surface area contributed by atoms with Crippen molar-refractivity contribution in [2.45, 2.75) is 51.0 Å². The number of hydrogen-bond donors (Lipinski definition) is 1. The fourth-order valence-corrected chi connectivity index (χ4v) is 7.56. The van der Waals surface area contributed by atoms with Crippen LogP contribution in [0.15, 0.2) is 36.8 Å². The predicted octanol–water partition coefficient (Wildman–Crippen LogP) is 6.28. The summed E-state index contributed by atoms with van der Waals surface area (Å²) in [6.07, 6.45) is 16.4. The summed E-state index contributed by atoms with van der Waals surface area (Å²) in [5.41, 5.74) is 3.36. The van der Waals surface area contributed by atoms with Crippen molar-refractivity contribution in [1.82, 2.24) is 14.8 Å². The first-order chi connectivity index (χ1) is 14.8. The topological polar surface area (TPSA) is 42.7 Å². The van der Waals surface area contributed by atoms with E-state index in [1.807, 2.05) is 17.5 Å². The summed E-state index contributed by atoms with van der Waals surface area (Å²) in [5, 5.41) is 10.5. The fourth-order valence-electron chi connectivity index (χ4n) is 4.39. The lowest BCUT2D eigenvalue weighted by Crippen LogP contribution is -2.17. The molecule has 4 nitrogen and oxygen atoms in total. The molecule has 3 heterocycles. The summed E-state index contributed by atoms with van der Waals surface area (Å²) in [4.78, 5) is 6.16. The molecule has 0 atom stereocenters. The molecule has 1 saturated carbocycles. The fraction of sp³-hybridized carbons (Fsp3) is 0.478. The quantitative estimate of drug-likeness (QED) is 0.438. The third-order valence-electron chi connectivity index (χ3n) is 6.17. The van der Waals surface area contributed by atoms with Crippen molar-refractivity contribution in [2.24, 2.45) is 0 Å². The lowest BCUT2D eigenvalue weighted by Gasteiger charge is -2.29. The van der Waals surface area contributed by atoms with Gasteiger partial charge in [-0.2, -0.15) is 5.10 Å². The Kier molecular flexibility index (Phi) is 6.14. The molecule has 0 amide bonds. The minimum Gasteiger partial charge on any atom is -0.353 e. The van der Waals surface area contributed by atoms with Gasteiger partial charge in [-0.15, -0.1) is 11.3 Å². The van der Waals surface area contributed by atoms with Gasteiger partial charge >= 0.3 is 0 Å². The van der Waals surface area contributed by atoms with Crippen LogP contribution in [0.1, 0.15) is 49.5 Å². The second kappa shape index (κ2) is 9.15. The van der Waals surface area contributed by atoms with Gasteiger partial charge in [0.25, 0.3) is 0 Å². The second-order valence-electron chi connectivity index (χ2n) is 8.28. The van der Waals surface area contributed by atoms with Crippen LogP contribution in [0.25, 0.3) is 10.4 Å². The maximum atomic E-state index is 12.5. The Morgan fingerprint density at radius 1 is 1.10 bits per heavy atom. The molecule has 0 radical (unpaired) electrons. The normalized spacial score (nSPS) is 17.8. The molecule has 30 heavy (non-hydrogen) atoms. The molecule has 1 aliphatic heterocycles. The van der Waals surface area contributed by atoms with Gasteiger partial charge in [-0.3, -0.25) is 4.68 Å². The highest BCUT2D eigenvalue weighted by molar-refractivity contribution is 7.67. The molecule has 158 valence electrons. The van der Waals surface area contributed by atoms with E-state index in [0.29, 0.717) is 12.5 Å². The molecule has 5 rings (SSSR count). The van der Waals surface area contributed by atoms with Crippen molar-refractivity contribution in [3.63, 3.8) is 0 Å². The van der Waals surface area contributed by atoms with Crippen molar-refractivity contribution >= 4 is 35.9 Å². The molecule has 2 aliphatic rings. The highest BCUT2D eigenvalue weighted by Crippen LogP contribution is 2.48. The van der Waals surface area contributed by atoms with E-state index in [1.165, 1.54) is 71.6 Å². The Morgan fingerprint density at radius 2 is 1.97 bits per heavy atom. The Morgan fingerprint density at radius 3 is 2.73 bits per heavy atom. The summed E-state index contributed by atoms with van der Waals surface area (Å²) in [6.45, 7) is -0.103. The standard InChI is InChI=1S/C23H28FN4PS/c24-9-10-28-16-19(14-26-28)27-18-7-8-20(21(13-18)29-11-4-12-29)22-15-25-23(30-22)17-5-2-1-3-6-17/h7-8,13-17,27H,1-6,9-12H2. The zero-order valence-electron chi connectivity index (χ0n) is 17.2. The van der Waals surface area contributed by atoms with E-state index >= 15 is 0 Å². The predicted molar refractivity (Wildman–Crippen MR) is 126 cm³/mol. The van der Waals surface area contributed by atoms with E-state index in [2.05, 4.69) is 34.8 Å². The number of thiazole rings is 1. The average molecular weight is 443 g/mol. The summed E-state index contributed by atoms with van der Waals surface area (Å²) in [7, 11) is -0.0654. The lowest BCUT2D eigenvalue weighted by molar-refractivity contribution is 0.427. The highest BCUT2D eigenvalue weighted by Gasteiger charge is 2.25. The molecule has 1 aliphatic carbocycles. The zero-order chi connectivity index (χ0) is 20.3. The largest absolute Gasteiger partial charge is 0.353 e. The number of nitrogens with zero attached hydrogens (tertiary/aromatic N) is 3. The van der Waals surface area contributed by atoms with Crippen LogP contribution in [0.5, 0.6) is 0 Å². The van der Waals surface area contributed by atoms with Crippen LogP contribution in [0.4, 0.5) is 15.8 Å². The number of rotatable bonds is 7. The molecular formula is C23H28FN4PS. The molecule has 0 spiro atoms. The first-order valence-electron chi connectivity index (χ1n) is 11.0. The first kappa shape index (κ1) is 20.1. The number of anilines is 2. The minimum atomic E-state index is -0.401. The number of aryl methyl sites for hydroxylation is 1. The maximum absolute atomic E-state index is 12.5. The van der Waals surface area contributed by atoms with E-state index in [1.54, 1.807) is 10.9 Å². The number of alkyl halides is 1. The smallest absolute Gasteiger partial charge is 0.109 e. The van der Waals surface area contributed by atoms with Crippen molar-refractivity contribution < 1.29 is 4.39 Å². The van der Waals surface area contributed by atoms with E-state index in [-0.39, 0.29) is 7.92 Å². The van der Waals surface area contributed by atoms with Crippen LogP contribution in [0.3, 0.4) is 0 Å². The number of benzene rings is 1. The third kappa shape index (κ3) is 4.31. The Labute approximate surface area is 182 Å². The van der Waals surface area contributed by atoms with Gasteiger partial charge < -0.3 is 5.32 Å². The molecule has 3 aromatic rings. The summed E-state index contributed by atoms with van der Waals surface area (Å²) in [6, 6.07) is 6.75. The number of halogens is 1. The van der Waals surface area contributed by atoms with Gasteiger partial charge in [0, 0.05) is 29.6 Å². The minimum absolute atomic E-state index is 0.0654. The molecule has 0 unspecified atom stereocenters. The SMILES string of the molecule is FCCn1cc(Nc2ccc(-c3cnc(C4CCCCC4)s3)c(P3CCC3)c2)cn1. The van der Waals surface area contributed by atoms with E-state index < -0.39 is 6.67 Å². The zero-order valence-corrected chi connectivity index (χ0v) is 18.9. The summed E-state index contributed by atoms with van der Waals surface area (Å²) >= 11 is 1.91. The molecule has 1 saturated heterocycles. The molecule has 1 aromatic carbocycles. The van der Waals surface area contributed by atoms with Crippen LogP contribution in [-0.2, 0) is 6.54 Å². The van der Waals surface area contributed by atoms with Gasteiger partial charge in [0.1, 0.15) is 6.67 Å². The van der Waals surface area contributed by atoms with Gasteiger partial charge in [0.2, 0.25) is 0 Å². The van der Waals surface area contributed by atoms with Crippen LogP contribution in [0.2, 0.25) is 0 Å². The Bertz CT molecular complexity index is 991. The Balaban J connectivity index is 1.40. The van der Waals surface area contributed by atoms with Crippen LogP contribution in [-0.4, -0.2) is 33.8 Å². The highest BCUT2D eigenvalue weighted by atomic mass is 32.1. The lowest BCUT2D eigenvalue weighted by atomic mass is 9.90.